The van der Waals surface area contributed by atoms with Crippen LogP contribution in [0.1, 0.15) is 10.4 Å². The summed E-state index contributed by atoms with van der Waals surface area (Å²) in [6, 6.07) is 4.37. The quantitative estimate of drug-likeness (QED) is 0.699. The number of amides is 1. The van der Waals surface area contributed by atoms with Crippen LogP contribution in [0.5, 0.6) is 5.75 Å². The van der Waals surface area contributed by atoms with Crippen LogP contribution in [0.2, 0.25) is 0 Å². The molecule has 0 radical (unpaired) electrons. The van der Waals surface area contributed by atoms with E-state index < -0.39 is 18.0 Å². The van der Waals surface area contributed by atoms with Crippen LogP contribution in [0.4, 0.5) is 0 Å². The second-order valence-corrected chi connectivity index (χ2v) is 4.33. The number of nitrogens with one attached hydrogen (secondary N) is 1. The van der Waals surface area contributed by atoms with Crippen molar-refractivity contribution >= 4 is 27.8 Å². The summed E-state index contributed by atoms with van der Waals surface area (Å²) in [4.78, 5) is 22.5. The van der Waals surface area contributed by atoms with E-state index in [-0.39, 0.29) is 17.9 Å². The molecule has 0 fully saturated rings. The van der Waals surface area contributed by atoms with Crippen molar-refractivity contribution in [3.05, 3.63) is 28.2 Å². The topological polar surface area (TPSA) is 95.9 Å². The first-order valence-electron chi connectivity index (χ1n) is 4.98. The van der Waals surface area contributed by atoms with Crippen LogP contribution in [0.25, 0.3) is 0 Å². The summed E-state index contributed by atoms with van der Waals surface area (Å²) in [6.07, 6.45) is -1.43. The van der Waals surface area contributed by atoms with Gasteiger partial charge in [0.25, 0.3) is 5.91 Å². The maximum Gasteiger partial charge on any atom is 0.336 e. The summed E-state index contributed by atoms with van der Waals surface area (Å²) in [5, 5.41) is 21.1. The van der Waals surface area contributed by atoms with Gasteiger partial charge in [-0.2, -0.15) is 0 Å². The lowest BCUT2D eigenvalue weighted by molar-refractivity contribution is -0.149. The molecule has 0 aliphatic heterocycles. The SMILES string of the molecule is COC(=O)C(O)CNC(=O)c1ccc(Br)cc1O. The molecule has 0 saturated heterocycles. The average Bonchev–Trinajstić information content (AvgIpc) is 2.34. The zero-order chi connectivity index (χ0) is 13.7. The highest BCUT2D eigenvalue weighted by molar-refractivity contribution is 9.10. The van der Waals surface area contributed by atoms with E-state index in [0.29, 0.717) is 4.47 Å². The van der Waals surface area contributed by atoms with Crippen LogP contribution >= 0.6 is 15.9 Å². The number of phenolic OH excluding ortho intramolecular Hbond substituents is 1. The summed E-state index contributed by atoms with van der Waals surface area (Å²) in [5.41, 5.74) is 0.0512. The Morgan fingerprint density at radius 2 is 2.17 bits per heavy atom. The van der Waals surface area contributed by atoms with Gasteiger partial charge in [-0.25, -0.2) is 4.79 Å². The third-order valence-corrected chi connectivity index (χ3v) is 2.63. The molecule has 1 amide bonds. The smallest absolute Gasteiger partial charge is 0.336 e. The number of aromatic hydroxyl groups is 1. The van der Waals surface area contributed by atoms with Crippen molar-refractivity contribution in [1.82, 2.24) is 5.32 Å². The second kappa shape index (κ2) is 6.36. The van der Waals surface area contributed by atoms with Crippen LogP contribution in [0.15, 0.2) is 22.7 Å². The van der Waals surface area contributed by atoms with Gasteiger partial charge in [0.05, 0.1) is 19.2 Å². The minimum atomic E-state index is -1.43. The first-order chi connectivity index (χ1) is 8.45. The number of ether oxygens (including phenoxy) is 1. The third-order valence-electron chi connectivity index (χ3n) is 2.13. The van der Waals surface area contributed by atoms with Gasteiger partial charge in [0.2, 0.25) is 0 Å². The van der Waals surface area contributed by atoms with E-state index >= 15 is 0 Å². The molecule has 1 atom stereocenters. The van der Waals surface area contributed by atoms with Crippen LogP contribution in [-0.4, -0.2) is 41.8 Å². The molecule has 1 unspecified atom stereocenters. The number of benzene rings is 1. The predicted octanol–water partition coefficient (Wildman–Crippen LogP) is 0.418. The number of aliphatic hydroxyl groups excluding tert-OH is 1. The second-order valence-electron chi connectivity index (χ2n) is 3.41. The molecular formula is C11H12BrNO5. The Morgan fingerprint density at radius 1 is 1.50 bits per heavy atom. The highest BCUT2D eigenvalue weighted by atomic mass is 79.9. The van der Waals surface area contributed by atoms with Crippen LogP contribution in [0, 0.1) is 0 Å². The summed E-state index contributed by atoms with van der Waals surface area (Å²) >= 11 is 3.14. The van der Waals surface area contributed by atoms with Crippen molar-refractivity contribution in [1.29, 1.82) is 0 Å². The number of hydrogen-bond acceptors (Lipinski definition) is 5. The fourth-order valence-corrected chi connectivity index (χ4v) is 1.55. The Kier molecular flexibility index (Phi) is 5.11. The largest absolute Gasteiger partial charge is 0.507 e. The molecule has 7 heteroatoms. The maximum absolute atomic E-state index is 11.6. The predicted molar refractivity (Wildman–Crippen MR) is 66.2 cm³/mol. The zero-order valence-corrected chi connectivity index (χ0v) is 11.1. The van der Waals surface area contributed by atoms with Gasteiger partial charge in [-0.05, 0) is 18.2 Å². The normalized spacial score (nSPS) is 11.7. The van der Waals surface area contributed by atoms with E-state index in [2.05, 4.69) is 26.0 Å². The van der Waals surface area contributed by atoms with Gasteiger partial charge in [0, 0.05) is 4.47 Å². The van der Waals surface area contributed by atoms with E-state index in [0.717, 1.165) is 7.11 Å². The van der Waals surface area contributed by atoms with Crippen LogP contribution in [0.3, 0.4) is 0 Å². The fraction of sp³-hybridized carbons (Fsp3) is 0.273. The zero-order valence-electron chi connectivity index (χ0n) is 9.51. The Bertz CT molecular complexity index is 463. The van der Waals surface area contributed by atoms with E-state index in [1.54, 1.807) is 6.07 Å². The van der Waals surface area contributed by atoms with Crippen LogP contribution in [-0.2, 0) is 9.53 Å². The molecule has 0 aliphatic rings. The van der Waals surface area contributed by atoms with Crippen molar-refractivity contribution in [2.24, 2.45) is 0 Å². The molecule has 0 aromatic heterocycles. The standard InChI is InChI=1S/C11H12BrNO5/c1-18-11(17)9(15)5-13-10(16)7-3-2-6(12)4-8(7)14/h2-4,9,14-15H,5H2,1H3,(H,13,16). The molecule has 1 aromatic carbocycles. The minimum Gasteiger partial charge on any atom is -0.507 e. The lowest BCUT2D eigenvalue weighted by atomic mass is 10.2. The molecule has 0 saturated carbocycles. The first-order valence-corrected chi connectivity index (χ1v) is 5.77. The van der Waals surface area contributed by atoms with Gasteiger partial charge in [0.15, 0.2) is 6.10 Å². The molecule has 6 nitrogen and oxygen atoms in total. The number of hydrogen-bond donors (Lipinski definition) is 3. The van der Waals surface area contributed by atoms with Gasteiger partial charge in [-0.15, -0.1) is 0 Å². The first kappa shape index (κ1) is 14.5. The van der Waals surface area contributed by atoms with E-state index in [4.69, 9.17) is 0 Å². The van der Waals surface area contributed by atoms with Crippen molar-refractivity contribution in [2.75, 3.05) is 13.7 Å². The van der Waals surface area contributed by atoms with Gasteiger partial charge in [-0.3, -0.25) is 4.79 Å². The average molecular weight is 318 g/mol. The minimum absolute atomic E-state index is 0.0512. The van der Waals surface area contributed by atoms with E-state index in [9.17, 15) is 19.8 Å². The number of esters is 1. The molecule has 18 heavy (non-hydrogen) atoms. The van der Waals surface area contributed by atoms with Gasteiger partial charge in [0.1, 0.15) is 5.75 Å². The number of phenols is 1. The van der Waals surface area contributed by atoms with E-state index in [1.165, 1.54) is 12.1 Å². The number of carbonyl (C=O) groups is 2. The molecule has 3 N–H and O–H groups in total. The summed E-state index contributed by atoms with van der Waals surface area (Å²) in [7, 11) is 1.13. The number of aliphatic hydroxyl groups is 1. The Labute approximate surface area is 112 Å². The molecule has 0 spiro atoms. The molecule has 1 rings (SSSR count). The summed E-state index contributed by atoms with van der Waals surface area (Å²) in [6.45, 7) is -0.291. The number of rotatable bonds is 4. The Hall–Kier alpha value is -1.60. The Morgan fingerprint density at radius 3 is 2.72 bits per heavy atom. The van der Waals surface area contributed by atoms with Crippen molar-refractivity contribution in [2.45, 2.75) is 6.10 Å². The molecule has 0 aliphatic carbocycles. The Balaban J connectivity index is 2.63. The monoisotopic (exact) mass is 317 g/mol. The van der Waals surface area contributed by atoms with Crippen molar-refractivity contribution < 1.29 is 24.5 Å². The van der Waals surface area contributed by atoms with Crippen molar-refractivity contribution in [3.8, 4) is 5.75 Å². The lowest BCUT2D eigenvalue weighted by Gasteiger charge is -2.10. The summed E-state index contributed by atoms with van der Waals surface area (Å²) < 4.78 is 4.92. The molecule has 0 heterocycles. The summed E-state index contributed by atoms with van der Waals surface area (Å²) in [5.74, 6) is -1.63. The molecule has 1 aromatic rings. The van der Waals surface area contributed by atoms with Crippen LogP contribution < -0.4 is 5.32 Å². The number of carbonyl (C=O) groups excluding carboxylic acids is 2. The highest BCUT2D eigenvalue weighted by Gasteiger charge is 2.18. The number of methoxy groups -OCH3 is 1. The van der Waals surface area contributed by atoms with Gasteiger partial charge >= 0.3 is 5.97 Å². The molecule has 98 valence electrons. The molecule has 0 bridgehead atoms. The third kappa shape index (κ3) is 3.71. The number of halogens is 1. The highest BCUT2D eigenvalue weighted by Crippen LogP contribution is 2.21. The fourth-order valence-electron chi connectivity index (χ4n) is 1.20. The van der Waals surface area contributed by atoms with E-state index in [1.807, 2.05) is 0 Å². The lowest BCUT2D eigenvalue weighted by Crippen LogP contribution is -2.37. The molecular weight excluding hydrogens is 306 g/mol. The maximum atomic E-state index is 11.6. The van der Waals surface area contributed by atoms with Gasteiger partial charge < -0.3 is 20.3 Å². The van der Waals surface area contributed by atoms with Gasteiger partial charge in [-0.1, -0.05) is 15.9 Å². The van der Waals surface area contributed by atoms with Crippen molar-refractivity contribution in [3.63, 3.8) is 0 Å².